The van der Waals surface area contributed by atoms with Crippen LogP contribution in [-0.4, -0.2) is 47.5 Å². The molecule has 30 heavy (non-hydrogen) atoms. The van der Waals surface area contributed by atoms with E-state index in [1.807, 2.05) is 66.7 Å². The lowest BCUT2D eigenvalue weighted by Crippen LogP contribution is -2.42. The van der Waals surface area contributed by atoms with E-state index in [1.165, 1.54) is 4.90 Å². The van der Waals surface area contributed by atoms with Crippen molar-refractivity contribution in [1.29, 1.82) is 0 Å². The van der Waals surface area contributed by atoms with Gasteiger partial charge in [0.1, 0.15) is 13.2 Å². The Kier molecular flexibility index (Phi) is 6.32. The first kappa shape index (κ1) is 20.0. The molecule has 4 rings (SSSR count). The fraction of sp³-hybridized carbons (Fsp3) is 0.333. The van der Waals surface area contributed by atoms with Gasteiger partial charge in [-0.2, -0.15) is 0 Å². The third-order valence-electron chi connectivity index (χ3n) is 5.44. The summed E-state index contributed by atoms with van der Waals surface area (Å²) in [6.07, 6.45) is 3.59. The maximum absolute atomic E-state index is 12.8. The maximum Gasteiger partial charge on any atom is 0.411 e. The van der Waals surface area contributed by atoms with Crippen LogP contribution in [0.15, 0.2) is 72.4 Å². The fourth-order valence-electron chi connectivity index (χ4n) is 3.80. The predicted octanol–water partition coefficient (Wildman–Crippen LogP) is 3.73. The molecule has 0 N–H and O–H groups in total. The largest absolute Gasteiger partial charge is 0.459 e. The Balaban J connectivity index is 1.43. The molecule has 1 saturated heterocycles. The summed E-state index contributed by atoms with van der Waals surface area (Å²) in [5.41, 5.74) is 2.80. The molecule has 156 valence electrons. The van der Waals surface area contributed by atoms with Gasteiger partial charge in [0, 0.05) is 18.8 Å². The minimum atomic E-state index is -0.771. The molecule has 1 amide bonds. The molecule has 2 aliphatic rings. The Labute approximate surface area is 176 Å². The number of carbonyl (C=O) groups is 2. The van der Waals surface area contributed by atoms with Crippen LogP contribution in [0.2, 0.25) is 0 Å². The molecular weight excluding hydrogens is 380 g/mol. The second-order valence-corrected chi connectivity index (χ2v) is 7.56. The number of hydrogen-bond donors (Lipinski definition) is 0. The van der Waals surface area contributed by atoms with Gasteiger partial charge in [0.05, 0.1) is 6.54 Å². The summed E-state index contributed by atoms with van der Waals surface area (Å²) in [4.78, 5) is 29.3. The monoisotopic (exact) mass is 406 g/mol. The first-order valence-electron chi connectivity index (χ1n) is 10.3. The van der Waals surface area contributed by atoms with Crippen molar-refractivity contribution in [1.82, 2.24) is 9.80 Å². The Morgan fingerprint density at radius 3 is 2.00 bits per heavy atom. The minimum Gasteiger partial charge on any atom is -0.459 e. The van der Waals surface area contributed by atoms with Gasteiger partial charge < -0.3 is 14.4 Å². The highest BCUT2D eigenvalue weighted by atomic mass is 16.6. The minimum absolute atomic E-state index is 0.168. The molecule has 0 bridgehead atoms. The number of likely N-dealkylation sites (tertiary alicyclic amines) is 1. The van der Waals surface area contributed by atoms with Crippen molar-refractivity contribution in [2.45, 2.75) is 32.1 Å². The van der Waals surface area contributed by atoms with Crippen LogP contribution in [0.5, 0.6) is 0 Å². The molecule has 0 aromatic heterocycles. The number of hydrogen-bond acceptors (Lipinski definition) is 5. The lowest BCUT2D eigenvalue weighted by Gasteiger charge is -2.24. The SMILES string of the molecule is O=C(OCc1ccccc1)[C@@H]1C=C(N2CCCC2)CN1C(=O)OCc1ccccc1. The van der Waals surface area contributed by atoms with Crippen molar-refractivity contribution in [3.63, 3.8) is 0 Å². The van der Waals surface area contributed by atoms with Crippen molar-refractivity contribution in [2.24, 2.45) is 0 Å². The number of rotatable bonds is 6. The van der Waals surface area contributed by atoms with E-state index in [0.717, 1.165) is 42.8 Å². The van der Waals surface area contributed by atoms with Crippen LogP contribution in [0.25, 0.3) is 0 Å². The van der Waals surface area contributed by atoms with Crippen LogP contribution in [0.1, 0.15) is 24.0 Å². The topological polar surface area (TPSA) is 59.1 Å². The Morgan fingerprint density at radius 2 is 1.40 bits per heavy atom. The van der Waals surface area contributed by atoms with Gasteiger partial charge in [-0.15, -0.1) is 0 Å². The summed E-state index contributed by atoms with van der Waals surface area (Å²) in [5, 5.41) is 0. The molecule has 2 aliphatic heterocycles. The molecule has 0 spiro atoms. The number of ether oxygens (including phenoxy) is 2. The smallest absolute Gasteiger partial charge is 0.411 e. The summed E-state index contributed by atoms with van der Waals surface area (Å²) < 4.78 is 11.0. The molecular formula is C24H26N2O4. The van der Waals surface area contributed by atoms with Gasteiger partial charge in [-0.3, -0.25) is 4.90 Å². The summed E-state index contributed by atoms with van der Waals surface area (Å²) in [5.74, 6) is -0.440. The summed E-state index contributed by atoms with van der Waals surface area (Å²) >= 11 is 0. The van der Waals surface area contributed by atoms with Gasteiger partial charge in [-0.1, -0.05) is 60.7 Å². The lowest BCUT2D eigenvalue weighted by atomic mass is 10.2. The zero-order valence-corrected chi connectivity index (χ0v) is 16.9. The first-order valence-corrected chi connectivity index (χ1v) is 10.3. The lowest BCUT2D eigenvalue weighted by molar-refractivity contribution is -0.148. The van der Waals surface area contributed by atoms with Crippen LogP contribution in [0, 0.1) is 0 Å². The number of esters is 1. The Morgan fingerprint density at radius 1 is 0.833 bits per heavy atom. The van der Waals surface area contributed by atoms with Crippen molar-refractivity contribution in [2.75, 3.05) is 19.6 Å². The van der Waals surface area contributed by atoms with Crippen molar-refractivity contribution < 1.29 is 19.1 Å². The zero-order chi connectivity index (χ0) is 20.8. The quantitative estimate of drug-likeness (QED) is 0.684. The number of benzene rings is 2. The van der Waals surface area contributed by atoms with E-state index < -0.39 is 18.1 Å². The normalized spacial score (nSPS) is 18.3. The molecule has 2 aromatic carbocycles. The van der Waals surface area contributed by atoms with Gasteiger partial charge in [0.25, 0.3) is 0 Å². The van der Waals surface area contributed by atoms with Gasteiger partial charge in [0.15, 0.2) is 6.04 Å². The fourth-order valence-corrected chi connectivity index (χ4v) is 3.80. The van der Waals surface area contributed by atoms with E-state index in [-0.39, 0.29) is 13.2 Å². The van der Waals surface area contributed by atoms with Crippen LogP contribution < -0.4 is 0 Å². The number of carbonyl (C=O) groups excluding carboxylic acids is 2. The van der Waals surface area contributed by atoms with Gasteiger partial charge in [-0.05, 0) is 30.0 Å². The molecule has 1 fully saturated rings. The third-order valence-corrected chi connectivity index (χ3v) is 5.44. The van der Waals surface area contributed by atoms with Crippen LogP contribution in [-0.2, 0) is 27.5 Å². The van der Waals surface area contributed by atoms with Crippen molar-refractivity contribution in [3.05, 3.63) is 83.6 Å². The van der Waals surface area contributed by atoms with Crippen LogP contribution >= 0.6 is 0 Å². The Bertz CT molecular complexity index is 892. The Hall–Kier alpha value is -3.28. The highest BCUT2D eigenvalue weighted by Gasteiger charge is 2.38. The van der Waals surface area contributed by atoms with E-state index in [1.54, 1.807) is 0 Å². The highest BCUT2D eigenvalue weighted by molar-refractivity contribution is 5.84. The van der Waals surface area contributed by atoms with Crippen LogP contribution in [0.3, 0.4) is 0 Å². The average Bonchev–Trinajstić information content (AvgIpc) is 3.47. The van der Waals surface area contributed by atoms with Gasteiger partial charge >= 0.3 is 12.1 Å². The zero-order valence-electron chi connectivity index (χ0n) is 16.9. The molecule has 2 aromatic rings. The van der Waals surface area contributed by atoms with Gasteiger partial charge in [0.2, 0.25) is 0 Å². The van der Waals surface area contributed by atoms with E-state index in [4.69, 9.17) is 9.47 Å². The molecule has 0 unspecified atom stereocenters. The van der Waals surface area contributed by atoms with Crippen molar-refractivity contribution >= 4 is 12.1 Å². The molecule has 1 atom stereocenters. The van der Waals surface area contributed by atoms with E-state index in [0.29, 0.717) is 6.54 Å². The van der Waals surface area contributed by atoms with E-state index in [2.05, 4.69) is 4.90 Å². The number of amides is 1. The predicted molar refractivity (Wildman–Crippen MR) is 112 cm³/mol. The van der Waals surface area contributed by atoms with E-state index >= 15 is 0 Å². The summed E-state index contributed by atoms with van der Waals surface area (Å²) in [7, 11) is 0. The molecule has 0 saturated carbocycles. The summed E-state index contributed by atoms with van der Waals surface area (Å²) in [6, 6.07) is 18.3. The van der Waals surface area contributed by atoms with Crippen LogP contribution in [0.4, 0.5) is 4.79 Å². The third kappa shape index (κ3) is 4.82. The van der Waals surface area contributed by atoms with Crippen molar-refractivity contribution in [3.8, 4) is 0 Å². The van der Waals surface area contributed by atoms with E-state index in [9.17, 15) is 9.59 Å². The molecule has 0 aliphatic carbocycles. The molecule has 2 heterocycles. The second kappa shape index (κ2) is 9.48. The molecule has 6 nitrogen and oxygen atoms in total. The second-order valence-electron chi connectivity index (χ2n) is 7.56. The first-order chi connectivity index (χ1) is 14.7. The standard InChI is InChI=1S/C24H26N2O4/c27-23(29-17-19-9-3-1-4-10-19)22-15-21(25-13-7-8-14-25)16-26(22)24(28)30-18-20-11-5-2-6-12-20/h1-6,9-12,15,22H,7-8,13-14,16-18H2/t22-/m0/s1. The molecule has 0 radical (unpaired) electrons. The number of nitrogens with zero attached hydrogens (tertiary/aromatic N) is 2. The molecule has 6 heteroatoms. The maximum atomic E-state index is 12.8. The summed E-state index contributed by atoms with van der Waals surface area (Å²) in [6.45, 7) is 2.60. The van der Waals surface area contributed by atoms with Gasteiger partial charge in [-0.25, -0.2) is 9.59 Å². The average molecular weight is 406 g/mol. The highest BCUT2D eigenvalue weighted by Crippen LogP contribution is 2.25.